The van der Waals surface area contributed by atoms with Gasteiger partial charge in [0, 0.05) is 12.2 Å². The van der Waals surface area contributed by atoms with Gasteiger partial charge >= 0.3 is 0 Å². The van der Waals surface area contributed by atoms with Gasteiger partial charge in [-0.3, -0.25) is 4.68 Å². The molecular formula is C12H13IN2. The molecule has 0 saturated carbocycles. The first-order valence-electron chi connectivity index (χ1n) is 4.99. The summed E-state index contributed by atoms with van der Waals surface area (Å²) in [5, 5.41) is 4.43. The summed E-state index contributed by atoms with van der Waals surface area (Å²) >= 11 is 2.25. The molecule has 3 heteroatoms. The van der Waals surface area contributed by atoms with Gasteiger partial charge < -0.3 is 0 Å². The smallest absolute Gasteiger partial charge is 0.123 e. The topological polar surface area (TPSA) is 17.8 Å². The lowest BCUT2D eigenvalue weighted by molar-refractivity contribution is 0.595. The van der Waals surface area contributed by atoms with Crippen LogP contribution < -0.4 is 0 Å². The lowest BCUT2D eigenvalue weighted by Crippen LogP contribution is -2.05. The van der Waals surface area contributed by atoms with Crippen LogP contribution in [-0.4, -0.2) is 9.78 Å². The molecule has 2 rings (SSSR count). The summed E-state index contributed by atoms with van der Waals surface area (Å²) in [6.07, 6.45) is 1.04. The first kappa shape index (κ1) is 10.7. The highest BCUT2D eigenvalue weighted by atomic mass is 127. The Morgan fingerprint density at radius 2 is 2.00 bits per heavy atom. The van der Waals surface area contributed by atoms with Gasteiger partial charge in [0.15, 0.2) is 0 Å². The second kappa shape index (κ2) is 4.79. The Kier molecular flexibility index (Phi) is 3.41. The second-order valence-electron chi connectivity index (χ2n) is 3.57. The normalized spacial score (nSPS) is 10.5. The number of halogens is 1. The average Bonchev–Trinajstić information content (AvgIpc) is 2.56. The minimum Gasteiger partial charge on any atom is -0.268 e. The van der Waals surface area contributed by atoms with Crippen LogP contribution in [-0.2, 0) is 13.0 Å². The standard InChI is InChI=1S/C12H13IN2/c1-10-9-12(13)14-15(10)8-7-11-5-3-2-4-6-11/h2-6,9H,7-8H2,1H3. The van der Waals surface area contributed by atoms with Crippen molar-refractivity contribution in [3.8, 4) is 0 Å². The molecule has 2 nitrogen and oxygen atoms in total. The van der Waals surface area contributed by atoms with Crippen LogP contribution in [0.1, 0.15) is 11.3 Å². The lowest BCUT2D eigenvalue weighted by Gasteiger charge is -2.03. The van der Waals surface area contributed by atoms with Crippen LogP contribution >= 0.6 is 22.6 Å². The Labute approximate surface area is 103 Å². The first-order valence-corrected chi connectivity index (χ1v) is 6.07. The van der Waals surface area contributed by atoms with Gasteiger partial charge in [-0.05, 0) is 47.6 Å². The van der Waals surface area contributed by atoms with Crippen LogP contribution in [0.15, 0.2) is 36.4 Å². The van der Waals surface area contributed by atoms with Gasteiger partial charge in [0.2, 0.25) is 0 Å². The zero-order valence-electron chi connectivity index (χ0n) is 8.65. The van der Waals surface area contributed by atoms with E-state index in [4.69, 9.17) is 0 Å². The van der Waals surface area contributed by atoms with E-state index in [9.17, 15) is 0 Å². The van der Waals surface area contributed by atoms with E-state index in [2.05, 4.69) is 69.6 Å². The van der Waals surface area contributed by atoms with Crippen molar-refractivity contribution in [1.29, 1.82) is 0 Å². The molecule has 0 atom stereocenters. The Balaban J connectivity index is 2.02. The van der Waals surface area contributed by atoms with Gasteiger partial charge in [0.1, 0.15) is 3.70 Å². The van der Waals surface area contributed by atoms with Gasteiger partial charge in [-0.25, -0.2) is 0 Å². The molecule has 0 radical (unpaired) electrons. The van der Waals surface area contributed by atoms with Gasteiger partial charge in [-0.1, -0.05) is 30.3 Å². The third-order valence-corrected chi connectivity index (χ3v) is 2.93. The molecule has 1 heterocycles. The number of hydrogen-bond donors (Lipinski definition) is 0. The van der Waals surface area contributed by atoms with Crippen LogP contribution in [0.4, 0.5) is 0 Å². The van der Waals surface area contributed by atoms with Gasteiger partial charge in [-0.15, -0.1) is 0 Å². The Hall–Kier alpha value is -0.840. The molecule has 15 heavy (non-hydrogen) atoms. The first-order chi connectivity index (χ1) is 7.25. The van der Waals surface area contributed by atoms with E-state index < -0.39 is 0 Å². The maximum Gasteiger partial charge on any atom is 0.123 e. The van der Waals surface area contributed by atoms with Crippen LogP contribution in [0.2, 0.25) is 0 Å². The highest BCUT2D eigenvalue weighted by Crippen LogP contribution is 2.07. The van der Waals surface area contributed by atoms with Crippen molar-refractivity contribution >= 4 is 22.6 Å². The summed E-state index contributed by atoms with van der Waals surface area (Å²) in [7, 11) is 0. The zero-order valence-corrected chi connectivity index (χ0v) is 10.8. The van der Waals surface area contributed by atoms with E-state index >= 15 is 0 Å². The molecule has 0 aliphatic heterocycles. The number of benzene rings is 1. The summed E-state index contributed by atoms with van der Waals surface area (Å²) in [4.78, 5) is 0. The van der Waals surface area contributed by atoms with E-state index in [1.54, 1.807) is 0 Å². The van der Waals surface area contributed by atoms with E-state index in [1.165, 1.54) is 11.3 Å². The fraction of sp³-hybridized carbons (Fsp3) is 0.250. The zero-order chi connectivity index (χ0) is 10.7. The number of rotatable bonds is 3. The van der Waals surface area contributed by atoms with E-state index in [0.717, 1.165) is 16.7 Å². The van der Waals surface area contributed by atoms with Crippen molar-refractivity contribution in [3.05, 3.63) is 51.4 Å². The minimum atomic E-state index is 0.957. The third kappa shape index (κ3) is 2.81. The molecule has 0 bridgehead atoms. The highest BCUT2D eigenvalue weighted by molar-refractivity contribution is 14.1. The fourth-order valence-electron chi connectivity index (χ4n) is 1.58. The predicted octanol–water partition coefficient (Wildman–Crippen LogP) is 3.04. The summed E-state index contributed by atoms with van der Waals surface area (Å²) in [6.45, 7) is 3.05. The second-order valence-corrected chi connectivity index (χ2v) is 4.67. The quantitative estimate of drug-likeness (QED) is 0.797. The van der Waals surface area contributed by atoms with E-state index in [-0.39, 0.29) is 0 Å². The summed E-state index contributed by atoms with van der Waals surface area (Å²) in [6, 6.07) is 12.6. The molecular weight excluding hydrogens is 299 g/mol. The van der Waals surface area contributed by atoms with Crippen LogP contribution in [0, 0.1) is 10.6 Å². The Morgan fingerprint density at radius 1 is 1.27 bits per heavy atom. The van der Waals surface area contributed by atoms with Gasteiger partial charge in [0.05, 0.1) is 0 Å². The highest BCUT2D eigenvalue weighted by Gasteiger charge is 2.01. The van der Waals surface area contributed by atoms with E-state index in [0.29, 0.717) is 0 Å². The minimum absolute atomic E-state index is 0.957. The molecule has 0 fully saturated rings. The van der Waals surface area contributed by atoms with Crippen molar-refractivity contribution in [2.45, 2.75) is 19.9 Å². The average molecular weight is 312 g/mol. The predicted molar refractivity (Wildman–Crippen MR) is 69.8 cm³/mol. The van der Waals surface area contributed by atoms with Crippen molar-refractivity contribution < 1.29 is 0 Å². The fourth-order valence-corrected chi connectivity index (χ4v) is 2.29. The Bertz CT molecular complexity index is 434. The molecule has 0 spiro atoms. The molecule has 0 aliphatic carbocycles. The van der Waals surface area contributed by atoms with Gasteiger partial charge in [-0.2, -0.15) is 5.10 Å². The molecule has 0 N–H and O–H groups in total. The van der Waals surface area contributed by atoms with Crippen LogP contribution in [0.25, 0.3) is 0 Å². The van der Waals surface area contributed by atoms with Gasteiger partial charge in [0.25, 0.3) is 0 Å². The molecule has 0 saturated heterocycles. The SMILES string of the molecule is Cc1cc(I)nn1CCc1ccccc1. The molecule has 1 aromatic carbocycles. The summed E-state index contributed by atoms with van der Waals surface area (Å²) in [5.41, 5.74) is 2.60. The van der Waals surface area contributed by atoms with Crippen molar-refractivity contribution in [2.75, 3.05) is 0 Å². The molecule has 0 unspecified atom stereocenters. The summed E-state index contributed by atoms with van der Waals surface area (Å²) < 4.78 is 3.13. The van der Waals surface area contributed by atoms with E-state index in [1.807, 2.05) is 6.07 Å². The lowest BCUT2D eigenvalue weighted by atomic mass is 10.1. The third-order valence-electron chi connectivity index (χ3n) is 2.41. The number of aromatic nitrogens is 2. The number of aryl methyl sites for hydroxylation is 3. The maximum atomic E-state index is 4.43. The maximum absolute atomic E-state index is 4.43. The molecule has 1 aromatic heterocycles. The molecule has 0 amide bonds. The number of hydrogen-bond acceptors (Lipinski definition) is 1. The van der Waals surface area contributed by atoms with Crippen molar-refractivity contribution in [3.63, 3.8) is 0 Å². The summed E-state index contributed by atoms with van der Waals surface area (Å²) in [5.74, 6) is 0. The molecule has 0 aliphatic rings. The number of nitrogens with zero attached hydrogens (tertiary/aromatic N) is 2. The van der Waals surface area contributed by atoms with Crippen molar-refractivity contribution in [1.82, 2.24) is 9.78 Å². The monoisotopic (exact) mass is 312 g/mol. The molecule has 78 valence electrons. The molecule has 2 aromatic rings. The Morgan fingerprint density at radius 3 is 2.60 bits per heavy atom. The van der Waals surface area contributed by atoms with Crippen LogP contribution in [0.5, 0.6) is 0 Å². The van der Waals surface area contributed by atoms with Crippen molar-refractivity contribution in [2.24, 2.45) is 0 Å². The van der Waals surface area contributed by atoms with Crippen LogP contribution in [0.3, 0.4) is 0 Å². The largest absolute Gasteiger partial charge is 0.268 e.